The van der Waals surface area contributed by atoms with E-state index in [-0.39, 0.29) is 29.3 Å². The van der Waals surface area contributed by atoms with Gasteiger partial charge in [0.2, 0.25) is 0 Å². The van der Waals surface area contributed by atoms with E-state index in [9.17, 15) is 14.4 Å². The van der Waals surface area contributed by atoms with Crippen LogP contribution in [0, 0.1) is 17.8 Å². The predicted molar refractivity (Wildman–Crippen MR) is 139 cm³/mol. The molecule has 33 heavy (non-hydrogen) atoms. The molecule has 0 amide bonds. The third kappa shape index (κ3) is 9.94. The van der Waals surface area contributed by atoms with E-state index in [0.29, 0.717) is 16.7 Å². The molecule has 2 unspecified atom stereocenters. The van der Waals surface area contributed by atoms with E-state index >= 15 is 0 Å². The Morgan fingerprint density at radius 3 is 1.76 bits per heavy atom. The van der Waals surface area contributed by atoms with Crippen LogP contribution in [0.5, 0.6) is 0 Å². The van der Waals surface area contributed by atoms with Gasteiger partial charge in [-0.05, 0) is 58.3 Å². The molecule has 1 aliphatic rings. The average Bonchev–Trinajstić information content (AvgIpc) is 2.74. The van der Waals surface area contributed by atoms with Crippen molar-refractivity contribution in [2.75, 3.05) is 0 Å². The van der Waals surface area contributed by atoms with E-state index in [1.807, 2.05) is 6.08 Å². The molecule has 0 bridgehead atoms. The SMILES string of the molecule is CC1=C(C)C(=O)C(C(=O)C/C=C(\C)CCCC(C)CCCC(C)CCCC(C)C)=C(C)C1=O. The van der Waals surface area contributed by atoms with Crippen molar-refractivity contribution in [2.45, 2.75) is 120 Å². The van der Waals surface area contributed by atoms with Gasteiger partial charge in [-0.25, -0.2) is 0 Å². The molecule has 1 aliphatic carbocycles. The number of ketones is 3. The quantitative estimate of drug-likeness (QED) is 0.142. The molecule has 3 nitrogen and oxygen atoms in total. The van der Waals surface area contributed by atoms with Gasteiger partial charge in [-0.1, -0.05) is 84.3 Å². The fourth-order valence-electron chi connectivity index (χ4n) is 4.61. The molecule has 2 atom stereocenters. The minimum Gasteiger partial charge on any atom is -0.294 e. The van der Waals surface area contributed by atoms with Crippen molar-refractivity contribution in [1.29, 1.82) is 0 Å². The number of allylic oxidation sites excluding steroid dienone is 6. The molecule has 0 aliphatic heterocycles. The monoisotopic (exact) mass is 456 g/mol. The minimum absolute atomic E-state index is 0.0826. The Bertz CT molecular complexity index is 791. The Morgan fingerprint density at radius 2 is 1.21 bits per heavy atom. The molecule has 0 aromatic rings. The van der Waals surface area contributed by atoms with Crippen molar-refractivity contribution >= 4 is 17.3 Å². The lowest BCUT2D eigenvalue weighted by atomic mass is 9.83. The minimum atomic E-state index is -0.288. The van der Waals surface area contributed by atoms with Crippen LogP contribution in [-0.2, 0) is 14.4 Å². The van der Waals surface area contributed by atoms with E-state index < -0.39 is 0 Å². The zero-order valence-electron chi connectivity index (χ0n) is 22.6. The normalized spacial score (nSPS) is 17.3. The third-order valence-corrected chi connectivity index (χ3v) is 7.24. The second kappa shape index (κ2) is 14.5. The van der Waals surface area contributed by atoms with Crippen LogP contribution in [0.3, 0.4) is 0 Å². The summed E-state index contributed by atoms with van der Waals surface area (Å²) in [6.07, 6.45) is 13.5. The Kier molecular flexibility index (Phi) is 12.8. The molecule has 0 fully saturated rings. The Morgan fingerprint density at radius 1 is 0.727 bits per heavy atom. The van der Waals surface area contributed by atoms with Crippen LogP contribution in [0.2, 0.25) is 0 Å². The van der Waals surface area contributed by atoms with Crippen molar-refractivity contribution in [2.24, 2.45) is 17.8 Å². The summed E-state index contributed by atoms with van der Waals surface area (Å²) >= 11 is 0. The molecular weight excluding hydrogens is 408 g/mol. The van der Waals surface area contributed by atoms with Crippen LogP contribution >= 0.6 is 0 Å². The van der Waals surface area contributed by atoms with Gasteiger partial charge in [0.05, 0.1) is 5.57 Å². The van der Waals surface area contributed by atoms with Crippen LogP contribution in [0.1, 0.15) is 120 Å². The molecule has 186 valence electrons. The van der Waals surface area contributed by atoms with Gasteiger partial charge in [0.25, 0.3) is 0 Å². The number of hydrogen-bond donors (Lipinski definition) is 0. The largest absolute Gasteiger partial charge is 0.294 e. The fourth-order valence-corrected chi connectivity index (χ4v) is 4.61. The molecular formula is C30H48O3. The molecule has 0 aromatic heterocycles. The zero-order chi connectivity index (χ0) is 25.1. The lowest BCUT2D eigenvalue weighted by Gasteiger charge is -2.17. The summed E-state index contributed by atoms with van der Waals surface area (Å²) in [5, 5.41) is 0. The first-order chi connectivity index (χ1) is 15.5. The number of hydrogen-bond acceptors (Lipinski definition) is 3. The maximum Gasteiger partial charge on any atom is 0.193 e. The van der Waals surface area contributed by atoms with E-state index in [1.165, 1.54) is 50.5 Å². The summed E-state index contributed by atoms with van der Waals surface area (Å²) in [6, 6.07) is 0. The number of carbonyl (C=O) groups excluding carboxylic acids is 3. The average molecular weight is 457 g/mol. The van der Waals surface area contributed by atoms with Gasteiger partial charge in [-0.3, -0.25) is 14.4 Å². The van der Waals surface area contributed by atoms with Crippen molar-refractivity contribution < 1.29 is 14.4 Å². The van der Waals surface area contributed by atoms with Crippen LogP contribution < -0.4 is 0 Å². The molecule has 0 saturated carbocycles. The van der Waals surface area contributed by atoms with E-state index in [4.69, 9.17) is 0 Å². The highest BCUT2D eigenvalue weighted by Crippen LogP contribution is 2.26. The number of carbonyl (C=O) groups is 3. The van der Waals surface area contributed by atoms with Crippen molar-refractivity contribution in [3.8, 4) is 0 Å². The van der Waals surface area contributed by atoms with Crippen LogP contribution in [0.4, 0.5) is 0 Å². The van der Waals surface area contributed by atoms with E-state index in [0.717, 1.165) is 30.6 Å². The lowest BCUT2D eigenvalue weighted by Crippen LogP contribution is -2.25. The summed E-state index contributed by atoms with van der Waals surface area (Å²) < 4.78 is 0. The van der Waals surface area contributed by atoms with Gasteiger partial charge in [-0.2, -0.15) is 0 Å². The number of Topliss-reactive ketones (excluding diaryl/α,β-unsaturated/α-hetero) is 3. The highest BCUT2D eigenvalue weighted by molar-refractivity contribution is 6.35. The zero-order valence-corrected chi connectivity index (χ0v) is 22.6. The highest BCUT2D eigenvalue weighted by Gasteiger charge is 2.31. The molecule has 0 aromatic carbocycles. The van der Waals surface area contributed by atoms with E-state index in [1.54, 1.807) is 20.8 Å². The van der Waals surface area contributed by atoms with E-state index in [2.05, 4.69) is 34.6 Å². The predicted octanol–water partition coefficient (Wildman–Crippen LogP) is 8.14. The Balaban J connectivity index is 2.35. The topological polar surface area (TPSA) is 51.2 Å². The summed E-state index contributed by atoms with van der Waals surface area (Å²) in [7, 11) is 0. The summed E-state index contributed by atoms with van der Waals surface area (Å²) in [5.41, 5.74) is 2.41. The highest BCUT2D eigenvalue weighted by atomic mass is 16.2. The second-order valence-electron chi connectivity index (χ2n) is 10.9. The standard InChI is InChI=1S/C30H48O3/c1-20(2)12-9-13-21(3)14-10-15-22(4)16-11-17-23(5)18-19-27(31)28-26(8)29(32)24(6)25(7)30(28)33/h18,20-22H,9-17,19H2,1-8H3/b23-18+. The first-order valence-corrected chi connectivity index (χ1v) is 13.1. The summed E-state index contributed by atoms with van der Waals surface area (Å²) in [5.74, 6) is 1.68. The van der Waals surface area contributed by atoms with Crippen molar-refractivity contribution in [1.82, 2.24) is 0 Å². The molecule has 0 spiro atoms. The third-order valence-electron chi connectivity index (χ3n) is 7.24. The molecule has 3 heteroatoms. The van der Waals surface area contributed by atoms with Crippen molar-refractivity contribution in [3.05, 3.63) is 33.9 Å². The molecule has 0 saturated heterocycles. The van der Waals surface area contributed by atoms with Gasteiger partial charge >= 0.3 is 0 Å². The van der Waals surface area contributed by atoms with Gasteiger partial charge in [0.1, 0.15) is 0 Å². The van der Waals surface area contributed by atoms with Gasteiger partial charge in [-0.15, -0.1) is 0 Å². The maximum absolute atomic E-state index is 12.7. The summed E-state index contributed by atoms with van der Waals surface area (Å²) in [4.78, 5) is 37.5. The summed E-state index contributed by atoms with van der Waals surface area (Å²) in [6.45, 7) is 16.3. The molecule has 0 radical (unpaired) electrons. The molecule has 0 heterocycles. The maximum atomic E-state index is 12.7. The second-order valence-corrected chi connectivity index (χ2v) is 10.9. The van der Waals surface area contributed by atoms with Gasteiger partial charge in [0, 0.05) is 23.1 Å². The first kappa shape index (κ1) is 29.3. The Hall–Kier alpha value is -1.77. The van der Waals surface area contributed by atoms with Gasteiger partial charge < -0.3 is 0 Å². The van der Waals surface area contributed by atoms with Gasteiger partial charge in [0.15, 0.2) is 17.3 Å². The lowest BCUT2D eigenvalue weighted by molar-refractivity contribution is -0.121. The van der Waals surface area contributed by atoms with Crippen LogP contribution in [-0.4, -0.2) is 17.3 Å². The fraction of sp³-hybridized carbons (Fsp3) is 0.700. The Labute approximate surface area is 203 Å². The molecule has 1 rings (SSSR count). The first-order valence-electron chi connectivity index (χ1n) is 13.1. The molecule has 0 N–H and O–H groups in total. The van der Waals surface area contributed by atoms with Crippen LogP contribution in [0.25, 0.3) is 0 Å². The van der Waals surface area contributed by atoms with Crippen molar-refractivity contribution in [3.63, 3.8) is 0 Å². The number of rotatable bonds is 15. The smallest absolute Gasteiger partial charge is 0.193 e. The van der Waals surface area contributed by atoms with Crippen LogP contribution in [0.15, 0.2) is 33.9 Å².